The van der Waals surface area contributed by atoms with Crippen LogP contribution >= 0.6 is 0 Å². The van der Waals surface area contributed by atoms with E-state index in [0.29, 0.717) is 5.82 Å². The first kappa shape index (κ1) is 36.9. The van der Waals surface area contributed by atoms with E-state index >= 15 is 0 Å². The normalized spacial score (nSPS) is 13.9. The van der Waals surface area contributed by atoms with Crippen LogP contribution in [0.5, 0.6) is 11.5 Å². The molecule has 1 aromatic heterocycles. The van der Waals surface area contributed by atoms with Gasteiger partial charge in [0.15, 0.2) is 5.82 Å². The third kappa shape index (κ3) is 5.66. The summed E-state index contributed by atoms with van der Waals surface area (Å²) >= 11 is 0. The molecular formula is C60H42N2O. The van der Waals surface area contributed by atoms with Crippen LogP contribution in [0.1, 0.15) is 47.2 Å². The molecule has 1 aliphatic carbocycles. The maximum absolute atomic E-state index is 6.94. The van der Waals surface area contributed by atoms with E-state index in [1.165, 1.54) is 38.8 Å². The SMILES string of the molecule is CC1(C)c2ccccc2C2(c3ccccc3Oc3cccc(-c4cccc(-c5cc(-c6ccc(-c7ccccc7)c7ccccc67)nc(-c6ccccc6)n5)c4)c32)c2ccccc21. The van der Waals surface area contributed by atoms with Crippen LogP contribution in [0.3, 0.4) is 0 Å². The van der Waals surface area contributed by atoms with Gasteiger partial charge in [0.25, 0.3) is 0 Å². The van der Waals surface area contributed by atoms with E-state index in [1.54, 1.807) is 0 Å². The van der Waals surface area contributed by atoms with E-state index in [4.69, 9.17) is 14.7 Å². The first-order chi connectivity index (χ1) is 31.0. The molecule has 2 heterocycles. The van der Waals surface area contributed by atoms with Crippen molar-refractivity contribution in [1.82, 2.24) is 9.97 Å². The van der Waals surface area contributed by atoms with Crippen molar-refractivity contribution in [2.24, 2.45) is 0 Å². The van der Waals surface area contributed by atoms with Crippen LogP contribution in [0.4, 0.5) is 0 Å². The van der Waals surface area contributed by atoms with Crippen molar-refractivity contribution in [3.05, 3.63) is 252 Å². The highest BCUT2D eigenvalue weighted by Gasteiger charge is 2.53. The maximum Gasteiger partial charge on any atom is 0.160 e. The van der Waals surface area contributed by atoms with E-state index < -0.39 is 5.41 Å². The standard InChI is InChI=1S/C60H42N2O/c1-59(2)48-28-11-13-30-50(48)60(51-31-14-12-29-49(51)59)52-32-15-16-33-55(52)63-56-34-18-27-44(57(56)60)41-23-17-24-42(37-41)53-38-54(62-58(61-53)40-21-7-4-8-22-40)47-36-35-43(39-19-5-3-6-20-39)45-25-9-10-26-46(45)47/h3-38H,1-2H3. The fourth-order valence-corrected chi connectivity index (χ4v) is 10.6. The zero-order valence-corrected chi connectivity index (χ0v) is 35.1. The minimum atomic E-state index is -0.644. The van der Waals surface area contributed by atoms with Crippen LogP contribution in [-0.2, 0) is 10.8 Å². The van der Waals surface area contributed by atoms with E-state index in [9.17, 15) is 0 Å². The Morgan fingerprint density at radius 2 is 0.857 bits per heavy atom. The van der Waals surface area contributed by atoms with Gasteiger partial charge in [-0.3, -0.25) is 0 Å². The third-order valence-corrected chi connectivity index (χ3v) is 13.4. The molecule has 0 unspecified atom stereocenters. The summed E-state index contributed by atoms with van der Waals surface area (Å²) in [5, 5.41) is 2.33. The molecule has 298 valence electrons. The Morgan fingerprint density at radius 1 is 0.349 bits per heavy atom. The molecule has 2 aliphatic rings. The highest BCUT2D eigenvalue weighted by Crippen LogP contribution is 2.63. The summed E-state index contributed by atoms with van der Waals surface area (Å²) < 4.78 is 6.94. The van der Waals surface area contributed by atoms with Crippen molar-refractivity contribution in [3.63, 3.8) is 0 Å². The lowest BCUT2D eigenvalue weighted by molar-refractivity contribution is 0.426. The van der Waals surface area contributed by atoms with Crippen LogP contribution in [0, 0.1) is 0 Å². The minimum Gasteiger partial charge on any atom is -0.457 e. The first-order valence-electron chi connectivity index (χ1n) is 21.7. The summed E-state index contributed by atoms with van der Waals surface area (Å²) in [5.74, 6) is 2.43. The average Bonchev–Trinajstić information content (AvgIpc) is 3.35. The second kappa shape index (κ2) is 14.4. The van der Waals surface area contributed by atoms with Gasteiger partial charge < -0.3 is 4.74 Å². The molecule has 3 nitrogen and oxygen atoms in total. The smallest absolute Gasteiger partial charge is 0.160 e. The van der Waals surface area contributed by atoms with Crippen LogP contribution in [0.15, 0.2) is 218 Å². The molecule has 0 atom stereocenters. The Morgan fingerprint density at radius 3 is 1.57 bits per heavy atom. The van der Waals surface area contributed by atoms with Crippen molar-refractivity contribution in [2.75, 3.05) is 0 Å². The largest absolute Gasteiger partial charge is 0.457 e. The van der Waals surface area contributed by atoms with Gasteiger partial charge in [-0.15, -0.1) is 0 Å². The van der Waals surface area contributed by atoms with E-state index in [1.807, 2.05) is 18.2 Å². The van der Waals surface area contributed by atoms with Gasteiger partial charge in [0.2, 0.25) is 0 Å². The van der Waals surface area contributed by atoms with Crippen molar-refractivity contribution < 1.29 is 4.74 Å². The van der Waals surface area contributed by atoms with E-state index in [0.717, 1.165) is 67.2 Å². The molecule has 0 fully saturated rings. The topological polar surface area (TPSA) is 35.0 Å². The zero-order chi connectivity index (χ0) is 42.1. The maximum atomic E-state index is 6.94. The minimum absolute atomic E-state index is 0.213. The van der Waals surface area contributed by atoms with Gasteiger partial charge in [-0.25, -0.2) is 9.97 Å². The lowest BCUT2D eigenvalue weighted by atomic mass is 9.53. The molecule has 0 saturated heterocycles. The molecule has 0 N–H and O–H groups in total. The van der Waals surface area contributed by atoms with Crippen molar-refractivity contribution in [1.29, 1.82) is 0 Å². The highest BCUT2D eigenvalue weighted by molar-refractivity contribution is 6.04. The number of rotatable bonds is 5. The lowest BCUT2D eigenvalue weighted by Gasteiger charge is -2.50. The van der Waals surface area contributed by atoms with Gasteiger partial charge in [-0.05, 0) is 79.5 Å². The molecule has 1 aliphatic heterocycles. The highest BCUT2D eigenvalue weighted by atomic mass is 16.5. The summed E-state index contributed by atoms with van der Waals surface area (Å²) in [4.78, 5) is 10.6. The van der Waals surface area contributed by atoms with Gasteiger partial charge in [-0.2, -0.15) is 0 Å². The van der Waals surface area contributed by atoms with Gasteiger partial charge in [-0.1, -0.05) is 208 Å². The molecule has 0 saturated carbocycles. The molecule has 0 bridgehead atoms. The number of hydrogen-bond acceptors (Lipinski definition) is 3. The average molecular weight is 807 g/mol. The predicted octanol–water partition coefficient (Wildman–Crippen LogP) is 15.1. The molecular weight excluding hydrogens is 765 g/mol. The van der Waals surface area contributed by atoms with Crippen molar-refractivity contribution in [2.45, 2.75) is 24.7 Å². The number of para-hydroxylation sites is 1. The Balaban J connectivity index is 1.08. The van der Waals surface area contributed by atoms with Crippen LogP contribution in [0.25, 0.3) is 66.9 Å². The Hall–Kier alpha value is -7.88. The second-order valence-electron chi connectivity index (χ2n) is 17.2. The molecule has 0 radical (unpaired) electrons. The van der Waals surface area contributed by atoms with E-state index in [2.05, 4.69) is 214 Å². The Labute approximate surface area is 368 Å². The number of aromatic nitrogens is 2. The summed E-state index contributed by atoms with van der Waals surface area (Å²) in [5.41, 5.74) is 16.0. The molecule has 0 amide bonds. The second-order valence-corrected chi connectivity index (χ2v) is 17.2. The van der Waals surface area contributed by atoms with Gasteiger partial charge in [0.1, 0.15) is 11.5 Å². The first-order valence-corrected chi connectivity index (χ1v) is 21.7. The quantitative estimate of drug-likeness (QED) is 0.174. The van der Waals surface area contributed by atoms with Crippen LogP contribution < -0.4 is 4.74 Å². The molecule has 9 aromatic carbocycles. The summed E-state index contributed by atoms with van der Waals surface area (Å²) in [7, 11) is 0. The Kier molecular flexibility index (Phi) is 8.42. The van der Waals surface area contributed by atoms with Crippen LogP contribution in [-0.4, -0.2) is 9.97 Å². The van der Waals surface area contributed by atoms with Gasteiger partial charge in [0, 0.05) is 33.2 Å². The number of nitrogens with zero attached hydrogens (tertiary/aromatic N) is 2. The summed E-state index contributed by atoms with van der Waals surface area (Å²) in [6.45, 7) is 4.72. The van der Waals surface area contributed by atoms with Gasteiger partial charge in [0.05, 0.1) is 16.8 Å². The van der Waals surface area contributed by atoms with Gasteiger partial charge >= 0.3 is 0 Å². The molecule has 63 heavy (non-hydrogen) atoms. The third-order valence-electron chi connectivity index (χ3n) is 13.4. The summed E-state index contributed by atoms with van der Waals surface area (Å²) in [6.07, 6.45) is 0. The van der Waals surface area contributed by atoms with Crippen LogP contribution in [0.2, 0.25) is 0 Å². The molecule has 12 rings (SSSR count). The number of fused-ring (bicyclic) bond motifs is 9. The molecule has 10 aromatic rings. The summed E-state index contributed by atoms with van der Waals surface area (Å²) in [6, 6.07) is 78.3. The fraction of sp³-hybridized carbons (Fsp3) is 0.0667. The Bertz CT molecular complexity index is 3360. The fourth-order valence-electron chi connectivity index (χ4n) is 10.6. The van der Waals surface area contributed by atoms with Crippen molar-refractivity contribution >= 4 is 10.8 Å². The number of benzene rings is 9. The predicted molar refractivity (Wildman–Crippen MR) is 257 cm³/mol. The monoisotopic (exact) mass is 806 g/mol. The lowest BCUT2D eigenvalue weighted by Crippen LogP contribution is -2.43. The van der Waals surface area contributed by atoms with E-state index in [-0.39, 0.29) is 5.41 Å². The molecule has 1 spiro atoms. The van der Waals surface area contributed by atoms with Crippen molar-refractivity contribution in [3.8, 4) is 67.7 Å². The number of hydrogen-bond donors (Lipinski definition) is 0. The molecule has 3 heteroatoms. The zero-order valence-electron chi connectivity index (χ0n) is 35.1. The number of ether oxygens (including phenoxy) is 1.